The molecule has 0 amide bonds. The zero-order valence-electron chi connectivity index (χ0n) is 13.4. The molecule has 1 saturated heterocycles. The van der Waals surface area contributed by atoms with Crippen LogP contribution in [-0.2, 0) is 10.0 Å². The molecule has 1 unspecified atom stereocenters. The minimum absolute atomic E-state index is 0.466. The van der Waals surface area contributed by atoms with Crippen molar-refractivity contribution in [3.63, 3.8) is 0 Å². The Bertz CT molecular complexity index is 371. The summed E-state index contributed by atoms with van der Waals surface area (Å²) in [4.78, 5) is 2.31. The molecule has 0 aromatic rings. The summed E-state index contributed by atoms with van der Waals surface area (Å²) in [5, 5.41) is 3.44. The average Bonchev–Trinajstić information content (AvgIpc) is 2.34. The smallest absolute Gasteiger partial charge is 0.211 e. The van der Waals surface area contributed by atoms with Crippen LogP contribution in [0.3, 0.4) is 0 Å². The number of hydrogen-bond acceptors (Lipinski definition) is 4. The van der Waals surface area contributed by atoms with Gasteiger partial charge in [-0.3, -0.25) is 0 Å². The van der Waals surface area contributed by atoms with Gasteiger partial charge in [0.15, 0.2) is 0 Å². The summed E-state index contributed by atoms with van der Waals surface area (Å²) in [7, 11) is -0.901. The number of piperidine rings is 1. The maximum absolute atomic E-state index is 11.6. The summed E-state index contributed by atoms with van der Waals surface area (Å²) in [6.07, 6.45) is 3.43. The molecule has 1 heterocycles. The summed E-state index contributed by atoms with van der Waals surface area (Å²) in [5.41, 5.74) is 0. The average molecular weight is 305 g/mol. The van der Waals surface area contributed by atoms with E-state index in [1.807, 2.05) is 0 Å². The number of sulfonamides is 1. The van der Waals surface area contributed by atoms with Gasteiger partial charge in [0, 0.05) is 32.7 Å². The molecule has 1 atom stereocenters. The highest BCUT2D eigenvalue weighted by Crippen LogP contribution is 2.19. The summed E-state index contributed by atoms with van der Waals surface area (Å²) in [6.45, 7) is 9.84. The summed E-state index contributed by atoms with van der Waals surface area (Å²) >= 11 is 0. The number of nitrogens with one attached hydrogen (secondary N) is 1. The Morgan fingerprint density at radius 1 is 1.40 bits per heavy atom. The van der Waals surface area contributed by atoms with Crippen LogP contribution in [0.25, 0.3) is 0 Å². The van der Waals surface area contributed by atoms with Crippen molar-refractivity contribution in [2.24, 2.45) is 11.8 Å². The van der Waals surface area contributed by atoms with Gasteiger partial charge in [0.25, 0.3) is 0 Å². The van der Waals surface area contributed by atoms with E-state index in [2.05, 4.69) is 31.1 Å². The number of hydrogen-bond donors (Lipinski definition) is 1. The number of likely N-dealkylation sites (N-methyl/N-ethyl adjacent to an activating group) is 1. The third-order valence-corrected chi connectivity index (χ3v) is 5.01. The minimum Gasteiger partial charge on any atom is -0.315 e. The van der Waals surface area contributed by atoms with Crippen LogP contribution in [0.1, 0.15) is 26.7 Å². The Morgan fingerprint density at radius 2 is 2.10 bits per heavy atom. The van der Waals surface area contributed by atoms with Crippen LogP contribution in [0.4, 0.5) is 0 Å². The van der Waals surface area contributed by atoms with Gasteiger partial charge in [-0.1, -0.05) is 13.8 Å². The van der Waals surface area contributed by atoms with Crippen LogP contribution in [-0.4, -0.2) is 70.2 Å². The molecule has 1 aliphatic rings. The Balaban J connectivity index is 2.26. The van der Waals surface area contributed by atoms with E-state index in [1.54, 1.807) is 4.31 Å². The van der Waals surface area contributed by atoms with E-state index < -0.39 is 10.0 Å². The first-order valence-electron chi connectivity index (χ1n) is 7.63. The van der Waals surface area contributed by atoms with Gasteiger partial charge in [0.05, 0.1) is 6.26 Å². The number of nitrogens with zero attached hydrogens (tertiary/aromatic N) is 2. The van der Waals surface area contributed by atoms with Crippen molar-refractivity contribution < 1.29 is 8.42 Å². The van der Waals surface area contributed by atoms with E-state index in [1.165, 1.54) is 6.26 Å². The van der Waals surface area contributed by atoms with Crippen molar-refractivity contribution in [1.82, 2.24) is 14.5 Å². The minimum atomic E-state index is -3.02. The lowest BCUT2D eigenvalue weighted by Gasteiger charge is -2.33. The molecule has 0 aliphatic carbocycles. The summed E-state index contributed by atoms with van der Waals surface area (Å²) in [5.74, 6) is 1.15. The van der Waals surface area contributed by atoms with E-state index in [0.29, 0.717) is 24.9 Å². The fraction of sp³-hybridized carbons (Fsp3) is 1.00. The third-order valence-electron chi connectivity index (χ3n) is 3.74. The van der Waals surface area contributed by atoms with E-state index >= 15 is 0 Å². The Labute approximate surface area is 124 Å². The second kappa shape index (κ2) is 8.32. The van der Waals surface area contributed by atoms with Gasteiger partial charge in [-0.15, -0.1) is 0 Å². The first-order valence-corrected chi connectivity index (χ1v) is 9.48. The van der Waals surface area contributed by atoms with Crippen LogP contribution >= 0.6 is 0 Å². The summed E-state index contributed by atoms with van der Waals surface area (Å²) < 4.78 is 24.8. The predicted molar refractivity (Wildman–Crippen MR) is 84.3 cm³/mol. The molecule has 0 saturated carbocycles. The summed E-state index contributed by atoms with van der Waals surface area (Å²) in [6, 6.07) is 0. The van der Waals surface area contributed by atoms with E-state index in [4.69, 9.17) is 0 Å². The molecule has 0 aromatic heterocycles. The van der Waals surface area contributed by atoms with E-state index in [9.17, 15) is 8.42 Å². The molecule has 1 N–H and O–H groups in total. The highest BCUT2D eigenvalue weighted by molar-refractivity contribution is 7.88. The van der Waals surface area contributed by atoms with Gasteiger partial charge >= 0.3 is 0 Å². The fourth-order valence-corrected chi connectivity index (χ4v) is 3.61. The first-order chi connectivity index (χ1) is 9.29. The molecule has 1 aliphatic heterocycles. The molecular formula is C14H31N3O2S. The molecule has 0 radical (unpaired) electrons. The monoisotopic (exact) mass is 305 g/mol. The molecule has 1 fully saturated rings. The zero-order valence-corrected chi connectivity index (χ0v) is 14.2. The molecule has 20 heavy (non-hydrogen) atoms. The highest BCUT2D eigenvalue weighted by Gasteiger charge is 2.26. The van der Waals surface area contributed by atoms with Crippen molar-refractivity contribution >= 4 is 10.0 Å². The predicted octanol–water partition coefficient (Wildman–Crippen LogP) is 0.835. The fourth-order valence-electron chi connectivity index (χ4n) is 2.67. The van der Waals surface area contributed by atoms with Crippen LogP contribution in [0.5, 0.6) is 0 Å². The maximum atomic E-state index is 11.6. The van der Waals surface area contributed by atoms with Gasteiger partial charge in [0.1, 0.15) is 0 Å². The molecule has 0 aromatic carbocycles. The van der Waals surface area contributed by atoms with Crippen molar-refractivity contribution in [3.8, 4) is 0 Å². The van der Waals surface area contributed by atoms with Crippen LogP contribution in [0, 0.1) is 11.8 Å². The lowest BCUT2D eigenvalue weighted by atomic mass is 9.99. The van der Waals surface area contributed by atoms with E-state index in [0.717, 1.165) is 39.0 Å². The van der Waals surface area contributed by atoms with E-state index in [-0.39, 0.29) is 0 Å². The molecule has 1 rings (SSSR count). The van der Waals surface area contributed by atoms with Crippen molar-refractivity contribution in [3.05, 3.63) is 0 Å². The zero-order chi connectivity index (χ0) is 15.2. The Kier molecular flexibility index (Phi) is 7.43. The van der Waals surface area contributed by atoms with Crippen LogP contribution < -0.4 is 5.32 Å². The Hall–Kier alpha value is -0.170. The van der Waals surface area contributed by atoms with Gasteiger partial charge in [-0.25, -0.2) is 12.7 Å². The van der Waals surface area contributed by atoms with Crippen LogP contribution in [0.2, 0.25) is 0 Å². The Morgan fingerprint density at radius 3 is 2.70 bits per heavy atom. The second-order valence-corrected chi connectivity index (χ2v) is 8.47. The molecule has 0 bridgehead atoms. The molecular weight excluding hydrogens is 274 g/mol. The quantitative estimate of drug-likeness (QED) is 0.675. The van der Waals surface area contributed by atoms with Gasteiger partial charge in [-0.05, 0) is 38.3 Å². The lowest BCUT2D eigenvalue weighted by Crippen LogP contribution is -2.43. The van der Waals surface area contributed by atoms with Crippen molar-refractivity contribution in [2.45, 2.75) is 26.7 Å². The molecule has 6 heteroatoms. The van der Waals surface area contributed by atoms with Gasteiger partial charge in [-0.2, -0.15) is 0 Å². The van der Waals surface area contributed by atoms with Gasteiger partial charge in [0.2, 0.25) is 10.0 Å². The SMILES string of the molecule is CC(C)CNCCN(C)CC1CCCN(S(C)(=O)=O)C1. The molecule has 120 valence electrons. The third kappa shape index (κ3) is 7.02. The van der Waals surface area contributed by atoms with Crippen molar-refractivity contribution in [1.29, 1.82) is 0 Å². The maximum Gasteiger partial charge on any atom is 0.211 e. The normalized spacial score (nSPS) is 21.8. The lowest BCUT2D eigenvalue weighted by molar-refractivity contribution is 0.200. The van der Waals surface area contributed by atoms with Crippen LogP contribution in [0.15, 0.2) is 0 Å². The largest absolute Gasteiger partial charge is 0.315 e. The van der Waals surface area contributed by atoms with Gasteiger partial charge < -0.3 is 10.2 Å². The van der Waals surface area contributed by atoms with Crippen molar-refractivity contribution in [2.75, 3.05) is 52.6 Å². The standard InChI is InChI=1S/C14H31N3O2S/c1-13(2)10-15-7-9-16(3)11-14-6-5-8-17(12-14)20(4,18)19/h13-15H,5-12H2,1-4H3. The first kappa shape index (κ1) is 17.9. The highest BCUT2D eigenvalue weighted by atomic mass is 32.2. The topological polar surface area (TPSA) is 52.6 Å². The molecule has 5 nitrogen and oxygen atoms in total. The number of rotatable bonds is 8. The molecule has 0 spiro atoms. The second-order valence-electron chi connectivity index (χ2n) is 6.49.